The van der Waals surface area contributed by atoms with Gasteiger partial charge in [-0.15, -0.1) is 10.2 Å². The molecule has 0 aliphatic heterocycles. The Balaban J connectivity index is 1.88. The van der Waals surface area contributed by atoms with Gasteiger partial charge in [-0.05, 0) is 35.0 Å². The molecule has 0 unspecified atom stereocenters. The molecule has 4 aromatic carbocycles. The van der Waals surface area contributed by atoms with E-state index in [9.17, 15) is 0 Å². The summed E-state index contributed by atoms with van der Waals surface area (Å²) in [6, 6.07) is 28.0. The molecule has 5 aromatic rings. The van der Waals surface area contributed by atoms with Crippen LogP contribution in [-0.4, -0.2) is 10.2 Å². The number of aromatic nitrogens is 2. The van der Waals surface area contributed by atoms with E-state index in [2.05, 4.69) is 40.5 Å². The van der Waals surface area contributed by atoms with Gasteiger partial charge in [0, 0.05) is 31.9 Å². The van der Waals surface area contributed by atoms with Crippen LogP contribution < -0.4 is 0 Å². The molecule has 0 N–H and O–H groups in total. The van der Waals surface area contributed by atoms with Gasteiger partial charge < -0.3 is 0 Å². The summed E-state index contributed by atoms with van der Waals surface area (Å²) in [7, 11) is 0. The van der Waals surface area contributed by atoms with Gasteiger partial charge in [0.1, 0.15) is 11.4 Å². The SMILES string of the molecule is Clc1ccc(-c2nnc(-c3ccc(Cl)cc3)c3c2ccc2ccccc23)cc1. The molecule has 1 aromatic heterocycles. The number of fused-ring (bicyclic) bond motifs is 3. The van der Waals surface area contributed by atoms with E-state index in [-0.39, 0.29) is 0 Å². The van der Waals surface area contributed by atoms with Gasteiger partial charge in [-0.25, -0.2) is 0 Å². The van der Waals surface area contributed by atoms with E-state index in [1.54, 1.807) is 0 Å². The van der Waals surface area contributed by atoms with Crippen LogP contribution >= 0.6 is 23.2 Å². The van der Waals surface area contributed by atoms with Gasteiger partial charge in [-0.3, -0.25) is 0 Å². The minimum Gasteiger partial charge on any atom is -0.149 e. The number of halogens is 2. The van der Waals surface area contributed by atoms with Gasteiger partial charge in [-0.2, -0.15) is 0 Å². The summed E-state index contributed by atoms with van der Waals surface area (Å²) < 4.78 is 0. The second-order valence-corrected chi connectivity index (χ2v) is 7.49. The van der Waals surface area contributed by atoms with Gasteiger partial charge in [0.25, 0.3) is 0 Å². The van der Waals surface area contributed by atoms with E-state index in [4.69, 9.17) is 23.2 Å². The first-order valence-electron chi connectivity index (χ1n) is 8.91. The molecular weight excluding hydrogens is 387 g/mol. The van der Waals surface area contributed by atoms with Crippen LogP contribution in [0.25, 0.3) is 44.1 Å². The molecule has 5 rings (SSSR count). The van der Waals surface area contributed by atoms with Crippen molar-refractivity contribution in [3.63, 3.8) is 0 Å². The van der Waals surface area contributed by atoms with Crippen LogP contribution in [0.1, 0.15) is 0 Å². The fourth-order valence-corrected chi connectivity index (χ4v) is 3.81. The third-order valence-corrected chi connectivity index (χ3v) is 5.41. The molecule has 0 spiro atoms. The highest BCUT2D eigenvalue weighted by Crippen LogP contribution is 2.37. The molecule has 2 nitrogen and oxygen atoms in total. The molecule has 0 radical (unpaired) electrons. The van der Waals surface area contributed by atoms with Crippen molar-refractivity contribution in [1.29, 1.82) is 0 Å². The normalized spacial score (nSPS) is 11.2. The zero-order valence-corrected chi connectivity index (χ0v) is 16.2. The lowest BCUT2D eigenvalue weighted by molar-refractivity contribution is 1.06. The van der Waals surface area contributed by atoms with Crippen LogP contribution in [0, 0.1) is 0 Å². The standard InChI is InChI=1S/C24H14Cl2N2/c25-18-10-5-16(6-11-18)23-21-14-9-15-3-1-2-4-20(15)22(21)24(28-27-23)17-7-12-19(26)13-8-17/h1-14H. The van der Waals surface area contributed by atoms with Crippen LogP contribution in [-0.2, 0) is 0 Å². The largest absolute Gasteiger partial charge is 0.149 e. The molecule has 0 bridgehead atoms. The fourth-order valence-electron chi connectivity index (χ4n) is 3.56. The first-order valence-corrected chi connectivity index (χ1v) is 9.66. The van der Waals surface area contributed by atoms with Crippen molar-refractivity contribution in [2.75, 3.05) is 0 Å². The molecule has 0 atom stereocenters. The predicted molar refractivity (Wildman–Crippen MR) is 118 cm³/mol. The maximum Gasteiger partial charge on any atom is 0.101 e. The predicted octanol–water partition coefficient (Wildman–Crippen LogP) is 7.42. The summed E-state index contributed by atoms with van der Waals surface area (Å²) in [5, 5.41) is 15.1. The highest BCUT2D eigenvalue weighted by Gasteiger charge is 2.15. The number of hydrogen-bond donors (Lipinski definition) is 0. The van der Waals surface area contributed by atoms with Crippen LogP contribution in [0.5, 0.6) is 0 Å². The third-order valence-electron chi connectivity index (χ3n) is 4.91. The van der Waals surface area contributed by atoms with E-state index in [0.29, 0.717) is 10.0 Å². The second kappa shape index (κ2) is 6.90. The van der Waals surface area contributed by atoms with Crippen molar-refractivity contribution in [3.05, 3.63) is 95.0 Å². The Bertz CT molecular complexity index is 1310. The molecule has 0 amide bonds. The van der Waals surface area contributed by atoms with Crippen molar-refractivity contribution in [2.45, 2.75) is 0 Å². The smallest absolute Gasteiger partial charge is 0.101 e. The van der Waals surface area contributed by atoms with Gasteiger partial charge in [0.05, 0.1) is 0 Å². The van der Waals surface area contributed by atoms with Crippen LogP contribution in [0.3, 0.4) is 0 Å². The molecular formula is C24H14Cl2N2. The van der Waals surface area contributed by atoms with Crippen LogP contribution in [0.15, 0.2) is 84.9 Å². The zero-order valence-electron chi connectivity index (χ0n) is 14.7. The van der Waals surface area contributed by atoms with Crippen molar-refractivity contribution in [2.24, 2.45) is 0 Å². The Labute approximate surface area is 172 Å². The fraction of sp³-hybridized carbons (Fsp3) is 0. The van der Waals surface area contributed by atoms with Gasteiger partial charge in [0.2, 0.25) is 0 Å². The lowest BCUT2D eigenvalue weighted by atomic mass is 9.95. The summed E-state index contributed by atoms with van der Waals surface area (Å²) >= 11 is 12.2. The minimum absolute atomic E-state index is 0.698. The van der Waals surface area contributed by atoms with E-state index < -0.39 is 0 Å². The maximum atomic E-state index is 6.08. The summed E-state index contributed by atoms with van der Waals surface area (Å²) in [5.41, 5.74) is 3.66. The van der Waals surface area contributed by atoms with Crippen LogP contribution in [0.4, 0.5) is 0 Å². The summed E-state index contributed by atoms with van der Waals surface area (Å²) in [5.74, 6) is 0. The lowest BCUT2D eigenvalue weighted by Crippen LogP contribution is -1.95. The van der Waals surface area contributed by atoms with Gasteiger partial charge >= 0.3 is 0 Å². The number of benzene rings is 4. The number of rotatable bonds is 2. The van der Waals surface area contributed by atoms with Crippen LogP contribution in [0.2, 0.25) is 10.0 Å². The molecule has 4 heteroatoms. The van der Waals surface area contributed by atoms with E-state index in [0.717, 1.165) is 38.7 Å². The highest BCUT2D eigenvalue weighted by atomic mass is 35.5. The number of nitrogens with zero attached hydrogens (tertiary/aromatic N) is 2. The topological polar surface area (TPSA) is 25.8 Å². The van der Waals surface area contributed by atoms with Crippen molar-refractivity contribution in [3.8, 4) is 22.5 Å². The molecule has 0 saturated carbocycles. The Morgan fingerprint density at radius 2 is 1.07 bits per heavy atom. The monoisotopic (exact) mass is 400 g/mol. The Morgan fingerprint density at radius 3 is 1.75 bits per heavy atom. The molecule has 1 heterocycles. The molecule has 0 fully saturated rings. The van der Waals surface area contributed by atoms with Gasteiger partial charge in [-0.1, -0.05) is 83.9 Å². The highest BCUT2D eigenvalue weighted by molar-refractivity contribution is 6.31. The lowest BCUT2D eigenvalue weighted by Gasteiger charge is -2.12. The first kappa shape index (κ1) is 17.2. The molecule has 0 aliphatic carbocycles. The van der Waals surface area contributed by atoms with Crippen molar-refractivity contribution in [1.82, 2.24) is 10.2 Å². The summed E-state index contributed by atoms with van der Waals surface area (Å²) in [4.78, 5) is 0. The average molecular weight is 401 g/mol. The third kappa shape index (κ3) is 2.91. The second-order valence-electron chi connectivity index (χ2n) is 6.62. The average Bonchev–Trinajstić information content (AvgIpc) is 2.74. The molecule has 28 heavy (non-hydrogen) atoms. The van der Waals surface area contributed by atoms with Crippen molar-refractivity contribution < 1.29 is 0 Å². The molecule has 0 saturated heterocycles. The quantitative estimate of drug-likeness (QED) is 0.288. The summed E-state index contributed by atoms with van der Waals surface area (Å²) in [6.45, 7) is 0. The number of hydrogen-bond acceptors (Lipinski definition) is 2. The minimum atomic E-state index is 0.698. The van der Waals surface area contributed by atoms with Gasteiger partial charge in [0.15, 0.2) is 0 Å². The van der Waals surface area contributed by atoms with E-state index in [1.165, 1.54) is 5.39 Å². The van der Waals surface area contributed by atoms with Crippen molar-refractivity contribution >= 4 is 44.7 Å². The maximum absolute atomic E-state index is 6.08. The zero-order chi connectivity index (χ0) is 19.1. The summed E-state index contributed by atoms with van der Waals surface area (Å²) in [6.07, 6.45) is 0. The Hall–Kier alpha value is -2.94. The Morgan fingerprint density at radius 1 is 0.500 bits per heavy atom. The molecule has 0 aliphatic rings. The Kier molecular flexibility index (Phi) is 4.23. The van der Waals surface area contributed by atoms with E-state index >= 15 is 0 Å². The molecule has 134 valence electrons. The van der Waals surface area contributed by atoms with E-state index in [1.807, 2.05) is 54.6 Å². The first-order chi connectivity index (χ1) is 13.7.